The first-order valence-corrected chi connectivity index (χ1v) is 6.90. The molecule has 2 rings (SSSR count). The van der Waals surface area contributed by atoms with Gasteiger partial charge in [-0.2, -0.15) is 0 Å². The molecule has 1 aromatic heterocycles. The van der Waals surface area contributed by atoms with Gasteiger partial charge in [0.2, 0.25) is 5.91 Å². The van der Waals surface area contributed by atoms with Crippen molar-refractivity contribution < 1.29 is 14.3 Å². The van der Waals surface area contributed by atoms with E-state index in [1.807, 2.05) is 13.0 Å². The van der Waals surface area contributed by atoms with E-state index in [-0.39, 0.29) is 18.3 Å². The van der Waals surface area contributed by atoms with E-state index in [1.165, 1.54) is 11.3 Å². The van der Waals surface area contributed by atoms with Gasteiger partial charge in [-0.1, -0.05) is 11.6 Å². The van der Waals surface area contributed by atoms with Crippen LogP contribution in [-0.2, 0) is 19.9 Å². The molecule has 0 aromatic carbocycles. The number of halogens is 1. The summed E-state index contributed by atoms with van der Waals surface area (Å²) in [7, 11) is 0. The number of hydrogen-bond donors (Lipinski definition) is 1. The number of carbonyl (C=O) groups excluding carboxylic acids is 2. The molecule has 2 atom stereocenters. The predicted molar refractivity (Wildman–Crippen MR) is 69.6 cm³/mol. The molecule has 1 aromatic rings. The highest BCUT2D eigenvalue weighted by Gasteiger charge is 2.49. The minimum absolute atomic E-state index is 0.139. The maximum atomic E-state index is 11.9. The quantitative estimate of drug-likeness (QED) is 0.868. The van der Waals surface area contributed by atoms with Crippen LogP contribution in [0.25, 0.3) is 0 Å². The maximum absolute atomic E-state index is 11.9. The van der Waals surface area contributed by atoms with Gasteiger partial charge in [-0.15, -0.1) is 11.3 Å². The normalized spacial score (nSPS) is 27.1. The van der Waals surface area contributed by atoms with Gasteiger partial charge in [0.25, 0.3) is 0 Å². The molecule has 1 aliphatic rings. The van der Waals surface area contributed by atoms with Crippen LogP contribution in [0.3, 0.4) is 0 Å². The third kappa shape index (κ3) is 2.24. The van der Waals surface area contributed by atoms with Crippen molar-refractivity contribution in [3.05, 3.63) is 21.3 Å². The lowest BCUT2D eigenvalue weighted by molar-refractivity contribution is -0.150. The Bertz CT molecular complexity index is 487. The zero-order valence-electron chi connectivity index (χ0n) is 10.2. The molecule has 1 fully saturated rings. The van der Waals surface area contributed by atoms with Crippen LogP contribution in [0.1, 0.15) is 25.1 Å². The van der Waals surface area contributed by atoms with E-state index < -0.39 is 11.5 Å². The van der Waals surface area contributed by atoms with Crippen molar-refractivity contribution in [3.63, 3.8) is 0 Å². The summed E-state index contributed by atoms with van der Waals surface area (Å²) in [5.74, 6) is -0.984. The number of rotatable bonds is 3. The summed E-state index contributed by atoms with van der Waals surface area (Å²) >= 11 is 7.28. The minimum Gasteiger partial charge on any atom is -0.466 e. The highest BCUT2D eigenvalue weighted by atomic mass is 35.5. The van der Waals surface area contributed by atoms with Crippen LogP contribution in [0.4, 0.5) is 0 Å². The average Bonchev–Trinajstić information content (AvgIpc) is 2.84. The number of esters is 1. The fraction of sp³-hybridized carbons (Fsp3) is 0.500. The van der Waals surface area contributed by atoms with Gasteiger partial charge < -0.3 is 10.1 Å². The van der Waals surface area contributed by atoms with Crippen molar-refractivity contribution in [1.29, 1.82) is 0 Å². The summed E-state index contributed by atoms with van der Waals surface area (Å²) in [5, 5.41) is 2.86. The lowest BCUT2D eigenvalue weighted by Crippen LogP contribution is -2.42. The summed E-state index contributed by atoms with van der Waals surface area (Å²) in [4.78, 5) is 24.4. The van der Waals surface area contributed by atoms with E-state index in [4.69, 9.17) is 16.3 Å². The Kier molecular flexibility index (Phi) is 3.64. The van der Waals surface area contributed by atoms with Gasteiger partial charge in [0.15, 0.2) is 0 Å². The van der Waals surface area contributed by atoms with Crippen LogP contribution in [0.5, 0.6) is 0 Å². The van der Waals surface area contributed by atoms with E-state index in [0.717, 1.165) is 4.88 Å². The lowest BCUT2D eigenvalue weighted by Gasteiger charge is -2.28. The third-order valence-electron chi connectivity index (χ3n) is 3.14. The minimum atomic E-state index is -0.721. The molecular weight excluding hydrogens is 274 g/mol. The Labute approximate surface area is 114 Å². The van der Waals surface area contributed by atoms with Gasteiger partial charge >= 0.3 is 5.97 Å². The molecule has 6 heteroatoms. The monoisotopic (exact) mass is 287 g/mol. The number of nitrogens with one attached hydrogen (secondary N) is 1. The molecule has 1 aliphatic heterocycles. The fourth-order valence-electron chi connectivity index (χ4n) is 2.21. The molecule has 98 valence electrons. The van der Waals surface area contributed by atoms with E-state index in [9.17, 15) is 9.59 Å². The standard InChI is InChI=1S/C12H14ClNO3S/c1-3-17-11(16)7-6-10(15)14-12(7,2)8-4-5-9(13)18-8/h4-5,7H,3,6H2,1-2H3,(H,14,15). The summed E-state index contributed by atoms with van der Waals surface area (Å²) in [6.45, 7) is 3.90. The molecule has 1 amide bonds. The summed E-state index contributed by atoms with van der Waals surface area (Å²) in [5.41, 5.74) is -0.721. The molecule has 2 heterocycles. The zero-order valence-corrected chi connectivity index (χ0v) is 11.7. The third-order valence-corrected chi connectivity index (χ3v) is 4.61. The van der Waals surface area contributed by atoms with Crippen LogP contribution >= 0.6 is 22.9 Å². The SMILES string of the molecule is CCOC(=O)C1CC(=O)NC1(C)c1ccc(Cl)s1. The highest BCUT2D eigenvalue weighted by Crippen LogP contribution is 2.41. The molecule has 0 radical (unpaired) electrons. The molecular formula is C12H14ClNO3S. The summed E-state index contributed by atoms with van der Waals surface area (Å²) < 4.78 is 5.67. The van der Waals surface area contributed by atoms with Gasteiger partial charge in [-0.25, -0.2) is 0 Å². The van der Waals surface area contributed by atoms with E-state index in [2.05, 4.69) is 5.32 Å². The van der Waals surface area contributed by atoms with Crippen LogP contribution < -0.4 is 5.32 Å². The highest BCUT2D eigenvalue weighted by molar-refractivity contribution is 7.16. The molecule has 0 saturated carbocycles. The smallest absolute Gasteiger partial charge is 0.312 e. The Balaban J connectivity index is 2.33. The summed E-state index contributed by atoms with van der Waals surface area (Å²) in [6, 6.07) is 3.60. The largest absolute Gasteiger partial charge is 0.466 e. The molecule has 18 heavy (non-hydrogen) atoms. The molecule has 0 spiro atoms. The molecule has 0 bridgehead atoms. The number of carbonyl (C=O) groups is 2. The molecule has 2 unspecified atom stereocenters. The predicted octanol–water partition coefficient (Wildman–Crippen LogP) is 2.32. The van der Waals surface area contributed by atoms with Gasteiger partial charge in [0.05, 0.1) is 22.4 Å². The summed E-state index contributed by atoms with van der Waals surface area (Å²) in [6.07, 6.45) is 0.158. The second kappa shape index (κ2) is 4.90. The van der Waals surface area contributed by atoms with E-state index in [0.29, 0.717) is 10.9 Å². The molecule has 1 N–H and O–H groups in total. The second-order valence-electron chi connectivity index (χ2n) is 4.36. The van der Waals surface area contributed by atoms with Crippen LogP contribution in [0.15, 0.2) is 12.1 Å². The van der Waals surface area contributed by atoms with E-state index in [1.54, 1.807) is 13.0 Å². The second-order valence-corrected chi connectivity index (χ2v) is 6.08. The molecule has 0 aliphatic carbocycles. The van der Waals surface area contributed by atoms with Crippen molar-refractivity contribution >= 4 is 34.8 Å². The first-order chi connectivity index (χ1) is 8.47. The number of hydrogen-bond acceptors (Lipinski definition) is 4. The van der Waals surface area contributed by atoms with Crippen molar-refractivity contribution in [2.45, 2.75) is 25.8 Å². The van der Waals surface area contributed by atoms with Crippen molar-refractivity contribution in [1.82, 2.24) is 5.32 Å². The Morgan fingerprint density at radius 2 is 2.39 bits per heavy atom. The van der Waals surface area contributed by atoms with Crippen LogP contribution in [-0.4, -0.2) is 18.5 Å². The Morgan fingerprint density at radius 1 is 1.67 bits per heavy atom. The first-order valence-electron chi connectivity index (χ1n) is 5.71. The molecule has 1 saturated heterocycles. The average molecular weight is 288 g/mol. The molecule has 4 nitrogen and oxygen atoms in total. The number of thiophene rings is 1. The number of amides is 1. The lowest BCUT2D eigenvalue weighted by atomic mass is 9.86. The Morgan fingerprint density at radius 3 is 2.94 bits per heavy atom. The van der Waals surface area contributed by atoms with Crippen molar-refractivity contribution in [2.75, 3.05) is 6.61 Å². The number of ether oxygens (including phenoxy) is 1. The van der Waals surface area contributed by atoms with Crippen molar-refractivity contribution in [2.24, 2.45) is 5.92 Å². The fourth-order valence-corrected chi connectivity index (χ4v) is 3.41. The van der Waals surface area contributed by atoms with Crippen LogP contribution in [0.2, 0.25) is 4.34 Å². The topological polar surface area (TPSA) is 55.4 Å². The maximum Gasteiger partial charge on any atom is 0.312 e. The first kappa shape index (κ1) is 13.4. The van der Waals surface area contributed by atoms with Gasteiger partial charge in [0.1, 0.15) is 0 Å². The Hall–Kier alpha value is -1.07. The van der Waals surface area contributed by atoms with E-state index >= 15 is 0 Å². The van der Waals surface area contributed by atoms with Gasteiger partial charge in [-0.05, 0) is 26.0 Å². The zero-order chi connectivity index (χ0) is 13.3. The van der Waals surface area contributed by atoms with Gasteiger partial charge in [0, 0.05) is 11.3 Å². The van der Waals surface area contributed by atoms with Crippen LogP contribution in [0, 0.1) is 5.92 Å². The van der Waals surface area contributed by atoms with Crippen molar-refractivity contribution in [3.8, 4) is 0 Å². The van der Waals surface area contributed by atoms with Gasteiger partial charge in [-0.3, -0.25) is 9.59 Å².